The lowest BCUT2D eigenvalue weighted by Gasteiger charge is -2.17. The smallest absolute Gasteiger partial charge is 0.442 e. The molecule has 0 aliphatic heterocycles. The van der Waals surface area contributed by atoms with Crippen LogP contribution in [0.25, 0.3) is 5.82 Å². The van der Waals surface area contributed by atoms with Crippen molar-refractivity contribution in [1.29, 1.82) is 0 Å². The lowest BCUT2D eigenvalue weighted by atomic mass is 9.93. The van der Waals surface area contributed by atoms with E-state index in [0.717, 1.165) is 16.7 Å². The maximum absolute atomic E-state index is 13.8. The highest BCUT2D eigenvalue weighted by molar-refractivity contribution is 6.32. The van der Waals surface area contributed by atoms with Gasteiger partial charge < -0.3 is 9.64 Å². The number of carbonyl (C=O) groups is 3. The number of hydrogen-bond donors (Lipinski definition) is 0. The van der Waals surface area contributed by atoms with Crippen LogP contribution >= 0.6 is 23.2 Å². The molecule has 4 aromatic rings. The van der Waals surface area contributed by atoms with Gasteiger partial charge in [0.2, 0.25) is 5.69 Å². The van der Waals surface area contributed by atoms with E-state index in [1.165, 1.54) is 37.5 Å². The number of aryl methyl sites for hydroxylation is 1. The summed E-state index contributed by atoms with van der Waals surface area (Å²) in [6.45, 7) is 0.768. The number of methoxy groups -OCH3 is 1. The van der Waals surface area contributed by atoms with Crippen LogP contribution in [0, 0.1) is 17.0 Å². The maximum atomic E-state index is 13.8. The van der Waals surface area contributed by atoms with Gasteiger partial charge in [0.25, 0.3) is 0 Å². The Morgan fingerprint density at radius 3 is 2.44 bits per heavy atom. The van der Waals surface area contributed by atoms with Crippen LogP contribution in [0.2, 0.25) is 10.0 Å². The zero-order valence-corrected chi connectivity index (χ0v) is 25.1. The van der Waals surface area contributed by atoms with E-state index in [9.17, 15) is 37.7 Å². The first-order valence-corrected chi connectivity index (χ1v) is 13.5. The van der Waals surface area contributed by atoms with E-state index >= 15 is 0 Å². The average molecular weight is 668 g/mol. The first-order valence-electron chi connectivity index (χ1n) is 12.7. The first-order chi connectivity index (χ1) is 21.1. The number of aromatic nitrogens is 5. The van der Waals surface area contributed by atoms with Gasteiger partial charge in [-0.15, -0.1) is 0 Å². The second kappa shape index (κ2) is 13.0. The van der Waals surface area contributed by atoms with Gasteiger partial charge in [-0.1, -0.05) is 23.2 Å². The fourth-order valence-electron chi connectivity index (χ4n) is 4.42. The molecule has 1 amide bonds. The summed E-state index contributed by atoms with van der Waals surface area (Å²) in [5.74, 6) is -1.11. The van der Waals surface area contributed by atoms with Crippen molar-refractivity contribution in [3.63, 3.8) is 0 Å². The number of likely N-dealkylation sites (N-methyl/N-ethyl adjacent to an activating group) is 1. The van der Waals surface area contributed by atoms with Gasteiger partial charge in [-0.25, -0.2) is 14.5 Å². The summed E-state index contributed by atoms with van der Waals surface area (Å²) < 4.78 is 46.5. The van der Waals surface area contributed by atoms with E-state index in [-0.39, 0.29) is 45.8 Å². The summed E-state index contributed by atoms with van der Waals surface area (Å²) in [4.78, 5) is 54.1. The van der Waals surface area contributed by atoms with Gasteiger partial charge in [0, 0.05) is 30.3 Å². The third-order valence-corrected chi connectivity index (χ3v) is 6.97. The normalized spacial score (nSPS) is 11.4. The molecule has 0 unspecified atom stereocenters. The van der Waals surface area contributed by atoms with E-state index in [0.29, 0.717) is 22.0 Å². The average Bonchev–Trinajstić information content (AvgIpc) is 3.59. The van der Waals surface area contributed by atoms with E-state index in [1.807, 2.05) is 0 Å². The summed E-state index contributed by atoms with van der Waals surface area (Å²) in [5, 5.41) is 19.1. The topological polar surface area (TPSA) is 155 Å². The van der Waals surface area contributed by atoms with Gasteiger partial charge in [-0.2, -0.15) is 23.4 Å². The molecule has 13 nitrogen and oxygen atoms in total. The largest absolute Gasteiger partial charge is 0.453 e. The number of pyridine rings is 1. The number of benzene rings is 1. The zero-order valence-electron chi connectivity index (χ0n) is 23.6. The van der Waals surface area contributed by atoms with Crippen LogP contribution in [0.3, 0.4) is 0 Å². The van der Waals surface area contributed by atoms with Gasteiger partial charge >= 0.3 is 18.0 Å². The number of nitro groups is 1. The number of Topliss-reactive ketones (excluding diaryl/α,β-unsaturated/α-hetero) is 2. The van der Waals surface area contributed by atoms with Gasteiger partial charge in [0.15, 0.2) is 17.4 Å². The summed E-state index contributed by atoms with van der Waals surface area (Å²) in [5.41, 5.74) is -2.19. The highest BCUT2D eigenvalue weighted by Crippen LogP contribution is 2.35. The highest BCUT2D eigenvalue weighted by atomic mass is 35.5. The monoisotopic (exact) mass is 667 g/mol. The van der Waals surface area contributed by atoms with Crippen molar-refractivity contribution in [2.45, 2.75) is 26.1 Å². The number of ether oxygens (including phenoxy) is 1. The fourth-order valence-corrected chi connectivity index (χ4v) is 4.90. The Morgan fingerprint density at radius 2 is 1.84 bits per heavy atom. The first kappa shape index (κ1) is 33.1. The Labute approximate surface area is 262 Å². The minimum Gasteiger partial charge on any atom is -0.453 e. The SMILES string of the molecule is COC(=O)N(C)CC(=O)c1cc(Cl)cc(C)c1CC(=O)c1cc(Cn2cc([N+](=O)[O-])c(C(F)(F)F)n2)nn1-c1ncccc1Cl. The van der Waals surface area contributed by atoms with Crippen molar-refractivity contribution in [3.05, 3.63) is 96.7 Å². The Kier molecular flexibility index (Phi) is 9.58. The summed E-state index contributed by atoms with van der Waals surface area (Å²) in [7, 11) is 2.51. The molecule has 0 bridgehead atoms. The van der Waals surface area contributed by atoms with E-state index in [4.69, 9.17) is 23.2 Å². The highest BCUT2D eigenvalue weighted by Gasteiger charge is 2.42. The van der Waals surface area contributed by atoms with Crippen LogP contribution in [-0.4, -0.2) is 72.7 Å². The second-order valence-corrected chi connectivity index (χ2v) is 10.5. The van der Waals surface area contributed by atoms with Crippen LogP contribution < -0.4 is 0 Å². The van der Waals surface area contributed by atoms with Crippen LogP contribution in [0.5, 0.6) is 0 Å². The van der Waals surface area contributed by atoms with Crippen molar-refractivity contribution < 1.29 is 37.2 Å². The van der Waals surface area contributed by atoms with Gasteiger partial charge in [-0.3, -0.25) is 24.4 Å². The molecule has 0 aliphatic rings. The molecule has 3 heterocycles. The standard InChI is InChI=1S/C27H22Cl2F3N7O6/c1-14-7-15(28)8-18(23(41)13-36(2)26(42)45-3)17(14)10-22(40)20-9-16(34-38(20)25-19(29)5-4-6-33-25)11-37-12-21(39(43)44)24(35-37)27(30,31)32/h4-9,12H,10-11,13H2,1-3H3. The number of amides is 1. The maximum Gasteiger partial charge on any atom is 0.442 e. The van der Waals surface area contributed by atoms with E-state index in [2.05, 4.69) is 19.9 Å². The second-order valence-electron chi connectivity index (χ2n) is 9.65. The Bertz CT molecular complexity index is 1820. The van der Waals surface area contributed by atoms with Gasteiger partial charge in [0.1, 0.15) is 11.9 Å². The molecule has 4 rings (SSSR count). The summed E-state index contributed by atoms with van der Waals surface area (Å²) in [6.07, 6.45) is -4.23. The van der Waals surface area contributed by atoms with Crippen LogP contribution in [-0.2, 0) is 23.9 Å². The molecule has 0 N–H and O–H groups in total. The molecule has 0 spiro atoms. The van der Waals surface area contributed by atoms with Gasteiger partial charge in [-0.05, 0) is 48.4 Å². The van der Waals surface area contributed by atoms with Crippen molar-refractivity contribution in [2.75, 3.05) is 20.7 Å². The Hall–Kier alpha value is -4.83. The number of carbonyl (C=O) groups excluding carboxylic acids is 3. The van der Waals surface area contributed by atoms with Crippen LogP contribution in [0.15, 0.2) is 42.7 Å². The summed E-state index contributed by atoms with van der Waals surface area (Å²) >= 11 is 12.5. The van der Waals surface area contributed by atoms with Crippen molar-refractivity contribution in [3.8, 4) is 5.82 Å². The number of rotatable bonds is 10. The number of nitrogens with zero attached hydrogens (tertiary/aromatic N) is 7. The lowest BCUT2D eigenvalue weighted by Crippen LogP contribution is -2.32. The van der Waals surface area contributed by atoms with Crippen molar-refractivity contribution in [1.82, 2.24) is 29.4 Å². The number of alkyl halides is 3. The lowest BCUT2D eigenvalue weighted by molar-refractivity contribution is -0.388. The molecule has 0 radical (unpaired) electrons. The van der Waals surface area contributed by atoms with Crippen LogP contribution in [0.1, 0.15) is 43.4 Å². The van der Waals surface area contributed by atoms with Crippen LogP contribution in [0.4, 0.5) is 23.7 Å². The zero-order chi connectivity index (χ0) is 33.2. The molecule has 236 valence electrons. The molecule has 0 atom stereocenters. The molecular weight excluding hydrogens is 646 g/mol. The minimum absolute atomic E-state index is 0.00461. The number of halogens is 5. The molecule has 45 heavy (non-hydrogen) atoms. The predicted molar refractivity (Wildman–Crippen MR) is 153 cm³/mol. The molecule has 0 saturated heterocycles. The molecule has 18 heteroatoms. The Morgan fingerprint density at radius 1 is 1.13 bits per heavy atom. The van der Waals surface area contributed by atoms with Crippen molar-refractivity contribution >= 4 is 46.5 Å². The third-order valence-electron chi connectivity index (χ3n) is 6.46. The Balaban J connectivity index is 1.75. The van der Waals surface area contributed by atoms with E-state index in [1.54, 1.807) is 13.0 Å². The molecule has 1 aromatic carbocycles. The molecule has 3 aromatic heterocycles. The fraction of sp³-hybridized carbons (Fsp3) is 0.259. The molecule has 0 fully saturated rings. The van der Waals surface area contributed by atoms with Crippen molar-refractivity contribution in [2.24, 2.45) is 0 Å². The quantitative estimate of drug-likeness (QED) is 0.123. The summed E-state index contributed by atoms with van der Waals surface area (Å²) in [6, 6.07) is 7.17. The third kappa shape index (κ3) is 7.29. The minimum atomic E-state index is -5.09. The van der Waals surface area contributed by atoms with E-state index < -0.39 is 46.7 Å². The molecule has 0 saturated carbocycles. The predicted octanol–water partition coefficient (Wildman–Crippen LogP) is 5.36. The number of ketones is 2. The molecule has 0 aliphatic carbocycles. The number of hydrogen-bond acceptors (Lipinski definition) is 9. The molecular formula is C27H22Cl2F3N7O6. The van der Waals surface area contributed by atoms with Gasteiger partial charge in [0.05, 0.1) is 35.8 Å².